The Kier molecular flexibility index (Phi) is 4.39. The Morgan fingerprint density at radius 3 is 2.71 bits per heavy atom. The zero-order valence-electron chi connectivity index (χ0n) is 9.20. The highest BCUT2D eigenvalue weighted by Crippen LogP contribution is 2.18. The van der Waals surface area contributed by atoms with E-state index in [2.05, 4.69) is 18.7 Å². The molecule has 0 bridgehead atoms. The Balaban J connectivity index is 2.36. The van der Waals surface area contributed by atoms with E-state index in [1.54, 1.807) is 0 Å². The minimum atomic E-state index is -0.614. The molecule has 0 amide bonds. The molecule has 0 aromatic heterocycles. The van der Waals surface area contributed by atoms with Gasteiger partial charge in [0.2, 0.25) is 0 Å². The summed E-state index contributed by atoms with van der Waals surface area (Å²) in [4.78, 5) is 13.2. The molecule has 0 radical (unpaired) electrons. The first kappa shape index (κ1) is 11.5. The standard InChI is InChI=1S/C11H21NO2/c1-9(2)8-12-6-3-4-10(5-7-12)11(13)14/h9-10H,3-8H2,1-2H3,(H,13,14). The minimum Gasteiger partial charge on any atom is -0.481 e. The second-order valence-corrected chi connectivity index (χ2v) is 4.66. The zero-order valence-corrected chi connectivity index (χ0v) is 9.20. The van der Waals surface area contributed by atoms with Gasteiger partial charge in [-0.2, -0.15) is 0 Å². The van der Waals surface area contributed by atoms with Crippen molar-refractivity contribution >= 4 is 5.97 Å². The highest BCUT2D eigenvalue weighted by Gasteiger charge is 2.22. The lowest BCUT2D eigenvalue weighted by atomic mass is 10.0. The van der Waals surface area contributed by atoms with Gasteiger partial charge in [0.15, 0.2) is 0 Å². The summed E-state index contributed by atoms with van der Waals surface area (Å²) in [5.41, 5.74) is 0. The molecule has 3 nitrogen and oxygen atoms in total. The topological polar surface area (TPSA) is 40.5 Å². The van der Waals surface area contributed by atoms with Gasteiger partial charge in [0.1, 0.15) is 0 Å². The lowest BCUT2D eigenvalue weighted by molar-refractivity contribution is -0.142. The number of carboxylic acids is 1. The average molecular weight is 199 g/mol. The van der Waals surface area contributed by atoms with Gasteiger partial charge in [-0.15, -0.1) is 0 Å². The van der Waals surface area contributed by atoms with E-state index in [1.807, 2.05) is 0 Å². The minimum absolute atomic E-state index is 0.104. The molecule has 1 fully saturated rings. The zero-order chi connectivity index (χ0) is 10.6. The van der Waals surface area contributed by atoms with Crippen molar-refractivity contribution in [1.29, 1.82) is 0 Å². The first-order valence-electron chi connectivity index (χ1n) is 5.54. The predicted molar refractivity (Wildman–Crippen MR) is 56.3 cm³/mol. The van der Waals surface area contributed by atoms with E-state index in [0.29, 0.717) is 5.92 Å². The molecule has 82 valence electrons. The fourth-order valence-corrected chi connectivity index (χ4v) is 2.10. The van der Waals surface area contributed by atoms with Crippen molar-refractivity contribution in [3.05, 3.63) is 0 Å². The molecule has 14 heavy (non-hydrogen) atoms. The number of nitrogens with zero attached hydrogens (tertiary/aromatic N) is 1. The predicted octanol–water partition coefficient (Wildman–Crippen LogP) is 1.83. The van der Waals surface area contributed by atoms with Crippen LogP contribution in [0.3, 0.4) is 0 Å². The summed E-state index contributed by atoms with van der Waals surface area (Å²) in [7, 11) is 0. The molecule has 0 aromatic carbocycles. The molecule has 1 unspecified atom stereocenters. The number of carboxylic acid groups (broad SMARTS) is 1. The summed E-state index contributed by atoms with van der Waals surface area (Å²) >= 11 is 0. The average Bonchev–Trinajstić information content (AvgIpc) is 2.28. The summed E-state index contributed by atoms with van der Waals surface area (Å²) in [5, 5.41) is 8.91. The summed E-state index contributed by atoms with van der Waals surface area (Å²) in [5.74, 6) is -0.0417. The number of aliphatic carboxylic acids is 1. The lowest BCUT2D eigenvalue weighted by Gasteiger charge is -2.21. The van der Waals surface area contributed by atoms with Crippen molar-refractivity contribution in [2.75, 3.05) is 19.6 Å². The van der Waals surface area contributed by atoms with Crippen molar-refractivity contribution in [3.63, 3.8) is 0 Å². The number of rotatable bonds is 3. The van der Waals surface area contributed by atoms with Gasteiger partial charge >= 0.3 is 5.97 Å². The van der Waals surface area contributed by atoms with Crippen LogP contribution in [-0.2, 0) is 4.79 Å². The van der Waals surface area contributed by atoms with E-state index < -0.39 is 5.97 Å². The Morgan fingerprint density at radius 2 is 2.14 bits per heavy atom. The molecular weight excluding hydrogens is 178 g/mol. The fraction of sp³-hybridized carbons (Fsp3) is 0.909. The Hall–Kier alpha value is -0.570. The molecule has 1 aliphatic heterocycles. The van der Waals surface area contributed by atoms with Crippen molar-refractivity contribution < 1.29 is 9.90 Å². The normalized spacial score (nSPS) is 24.9. The van der Waals surface area contributed by atoms with Crippen LogP contribution in [0.15, 0.2) is 0 Å². The Bertz CT molecular complexity index is 192. The number of likely N-dealkylation sites (tertiary alicyclic amines) is 1. The number of carbonyl (C=O) groups is 1. The van der Waals surface area contributed by atoms with Crippen molar-refractivity contribution in [1.82, 2.24) is 4.90 Å². The molecule has 1 atom stereocenters. The molecule has 1 saturated heterocycles. The highest BCUT2D eigenvalue weighted by molar-refractivity contribution is 5.69. The van der Waals surface area contributed by atoms with E-state index in [-0.39, 0.29) is 5.92 Å². The van der Waals surface area contributed by atoms with Gasteiger partial charge in [-0.25, -0.2) is 0 Å². The van der Waals surface area contributed by atoms with Crippen LogP contribution in [0.2, 0.25) is 0 Å². The van der Waals surface area contributed by atoms with Gasteiger partial charge < -0.3 is 10.0 Å². The van der Waals surface area contributed by atoms with Crippen LogP contribution < -0.4 is 0 Å². The van der Waals surface area contributed by atoms with E-state index in [0.717, 1.165) is 38.9 Å². The highest BCUT2D eigenvalue weighted by atomic mass is 16.4. The van der Waals surface area contributed by atoms with Crippen molar-refractivity contribution in [2.45, 2.75) is 33.1 Å². The molecular formula is C11H21NO2. The maximum absolute atomic E-state index is 10.8. The Morgan fingerprint density at radius 1 is 1.43 bits per heavy atom. The third-order valence-electron chi connectivity index (χ3n) is 2.79. The third-order valence-corrected chi connectivity index (χ3v) is 2.79. The fourth-order valence-electron chi connectivity index (χ4n) is 2.10. The van der Waals surface area contributed by atoms with E-state index in [1.165, 1.54) is 0 Å². The summed E-state index contributed by atoms with van der Waals surface area (Å²) in [6.45, 7) is 7.54. The maximum atomic E-state index is 10.8. The second-order valence-electron chi connectivity index (χ2n) is 4.66. The van der Waals surface area contributed by atoms with Gasteiger partial charge in [-0.1, -0.05) is 13.8 Å². The molecule has 0 aromatic rings. The first-order chi connectivity index (χ1) is 6.59. The van der Waals surface area contributed by atoms with Crippen LogP contribution >= 0.6 is 0 Å². The number of hydrogen-bond donors (Lipinski definition) is 1. The van der Waals surface area contributed by atoms with Crippen LogP contribution in [0.25, 0.3) is 0 Å². The molecule has 1 N–H and O–H groups in total. The Labute approximate surface area is 86.1 Å². The molecule has 3 heteroatoms. The molecule has 1 heterocycles. The molecule has 1 aliphatic rings. The first-order valence-corrected chi connectivity index (χ1v) is 5.54. The molecule has 0 spiro atoms. The summed E-state index contributed by atoms with van der Waals surface area (Å²) < 4.78 is 0. The van der Waals surface area contributed by atoms with E-state index in [4.69, 9.17) is 5.11 Å². The van der Waals surface area contributed by atoms with E-state index >= 15 is 0 Å². The van der Waals surface area contributed by atoms with Crippen LogP contribution in [0.1, 0.15) is 33.1 Å². The molecule has 1 rings (SSSR count). The lowest BCUT2D eigenvalue weighted by Crippen LogP contribution is -2.29. The van der Waals surface area contributed by atoms with Gasteiger partial charge in [0.25, 0.3) is 0 Å². The quantitative estimate of drug-likeness (QED) is 0.754. The van der Waals surface area contributed by atoms with Gasteiger partial charge in [0.05, 0.1) is 5.92 Å². The number of hydrogen-bond acceptors (Lipinski definition) is 2. The van der Waals surface area contributed by atoms with Crippen LogP contribution in [0.4, 0.5) is 0 Å². The summed E-state index contributed by atoms with van der Waals surface area (Å²) in [6.07, 6.45) is 2.70. The maximum Gasteiger partial charge on any atom is 0.306 e. The monoisotopic (exact) mass is 199 g/mol. The molecule has 0 saturated carbocycles. The smallest absolute Gasteiger partial charge is 0.306 e. The van der Waals surface area contributed by atoms with Gasteiger partial charge in [0, 0.05) is 6.54 Å². The summed E-state index contributed by atoms with van der Waals surface area (Å²) in [6, 6.07) is 0. The van der Waals surface area contributed by atoms with Crippen LogP contribution in [-0.4, -0.2) is 35.6 Å². The van der Waals surface area contributed by atoms with Gasteiger partial charge in [-0.3, -0.25) is 4.79 Å². The molecule has 0 aliphatic carbocycles. The van der Waals surface area contributed by atoms with E-state index in [9.17, 15) is 4.79 Å². The van der Waals surface area contributed by atoms with Gasteiger partial charge in [-0.05, 0) is 38.3 Å². The van der Waals surface area contributed by atoms with Crippen LogP contribution in [0, 0.1) is 11.8 Å². The largest absolute Gasteiger partial charge is 0.481 e. The van der Waals surface area contributed by atoms with Crippen molar-refractivity contribution in [2.24, 2.45) is 11.8 Å². The third kappa shape index (κ3) is 3.66. The SMILES string of the molecule is CC(C)CN1CCCC(C(=O)O)CC1. The van der Waals surface area contributed by atoms with Crippen LogP contribution in [0.5, 0.6) is 0 Å². The van der Waals surface area contributed by atoms with Crippen molar-refractivity contribution in [3.8, 4) is 0 Å². The second kappa shape index (κ2) is 5.35.